The lowest BCUT2D eigenvalue weighted by Gasteiger charge is -2.32. The number of benzene rings is 1. The highest BCUT2D eigenvalue weighted by Crippen LogP contribution is 2.40. The molecule has 0 N–H and O–H groups in total. The molecule has 0 amide bonds. The highest BCUT2D eigenvalue weighted by molar-refractivity contribution is 5.89. The zero-order valence-corrected chi connectivity index (χ0v) is 14.2. The minimum absolute atomic E-state index is 0.285. The van der Waals surface area contributed by atoms with Gasteiger partial charge in [0.05, 0.1) is 0 Å². The molecule has 0 unspecified atom stereocenters. The van der Waals surface area contributed by atoms with Crippen LogP contribution in [0.3, 0.4) is 0 Å². The van der Waals surface area contributed by atoms with Crippen LogP contribution < -0.4 is 0 Å². The largest absolute Gasteiger partial charge is 0.623 e. The van der Waals surface area contributed by atoms with Crippen LogP contribution in [0.25, 0.3) is 0 Å². The zero-order chi connectivity index (χ0) is 16.2. The Labute approximate surface area is 134 Å². The fourth-order valence-electron chi connectivity index (χ4n) is 2.92. The summed E-state index contributed by atoms with van der Waals surface area (Å²) in [5.41, 5.74) is 4.94. The van der Waals surface area contributed by atoms with Crippen molar-refractivity contribution in [2.75, 3.05) is 0 Å². The van der Waals surface area contributed by atoms with Crippen molar-refractivity contribution in [1.82, 2.24) is 0 Å². The normalized spacial score (nSPS) is 19.5. The van der Waals surface area contributed by atoms with Gasteiger partial charge in [-0.15, -0.1) is 0 Å². The Morgan fingerprint density at radius 1 is 1.27 bits per heavy atom. The summed E-state index contributed by atoms with van der Waals surface area (Å²) in [6, 6.07) is 9.87. The summed E-state index contributed by atoms with van der Waals surface area (Å²) in [4.78, 5) is 0. The Balaban J connectivity index is 2.13. The van der Waals surface area contributed by atoms with Gasteiger partial charge in [0.2, 0.25) is 0 Å². The highest BCUT2D eigenvalue weighted by Gasteiger charge is 2.25. The van der Waals surface area contributed by atoms with Crippen LogP contribution in [0.4, 0.5) is 0 Å². The standard InChI is InChI=1S/C20H27NO/c1-16(21(22)15-18-9-6-5-7-10-18)12-13-19-11-8-14-20(3,4)17(19)2/h5-7,9-10,12-13H,8,11,14-15H2,1-4H3/b13-12+,21-16?. The van der Waals surface area contributed by atoms with Gasteiger partial charge in [0.15, 0.2) is 12.3 Å². The van der Waals surface area contributed by atoms with E-state index in [9.17, 15) is 5.21 Å². The van der Waals surface area contributed by atoms with Crippen LogP contribution in [0.5, 0.6) is 0 Å². The molecule has 0 aliphatic heterocycles. The topological polar surface area (TPSA) is 26.1 Å². The van der Waals surface area contributed by atoms with Crippen molar-refractivity contribution in [3.05, 3.63) is 64.4 Å². The number of hydroxylamine groups is 1. The van der Waals surface area contributed by atoms with E-state index >= 15 is 0 Å². The van der Waals surface area contributed by atoms with E-state index in [4.69, 9.17) is 0 Å². The number of hydrogen-bond donors (Lipinski definition) is 0. The molecule has 1 aliphatic rings. The molecule has 0 heterocycles. The van der Waals surface area contributed by atoms with Crippen molar-refractivity contribution >= 4 is 5.71 Å². The molecule has 0 fully saturated rings. The zero-order valence-electron chi connectivity index (χ0n) is 14.2. The summed E-state index contributed by atoms with van der Waals surface area (Å²) >= 11 is 0. The molecule has 0 bridgehead atoms. The molecule has 0 saturated carbocycles. The molecule has 0 spiro atoms. The van der Waals surface area contributed by atoms with Gasteiger partial charge >= 0.3 is 0 Å². The Kier molecular flexibility index (Phi) is 5.23. The van der Waals surface area contributed by atoms with Crippen molar-refractivity contribution in [3.63, 3.8) is 0 Å². The van der Waals surface area contributed by atoms with Crippen LogP contribution >= 0.6 is 0 Å². The van der Waals surface area contributed by atoms with Crippen molar-refractivity contribution < 1.29 is 4.74 Å². The highest BCUT2D eigenvalue weighted by atomic mass is 16.5. The molecule has 1 aliphatic carbocycles. The Bertz CT molecular complexity index is 606. The first-order valence-electron chi connectivity index (χ1n) is 8.10. The van der Waals surface area contributed by atoms with Crippen LogP contribution in [0.15, 0.2) is 53.6 Å². The molecular weight excluding hydrogens is 270 g/mol. The van der Waals surface area contributed by atoms with Gasteiger partial charge in [-0.2, -0.15) is 0 Å². The predicted molar refractivity (Wildman–Crippen MR) is 93.9 cm³/mol. The first-order chi connectivity index (χ1) is 10.4. The molecule has 22 heavy (non-hydrogen) atoms. The fraction of sp³-hybridized carbons (Fsp3) is 0.450. The molecule has 2 rings (SSSR count). The smallest absolute Gasteiger partial charge is 0.184 e. The summed E-state index contributed by atoms with van der Waals surface area (Å²) in [7, 11) is 0. The van der Waals surface area contributed by atoms with Gasteiger partial charge in [0.25, 0.3) is 0 Å². The van der Waals surface area contributed by atoms with Gasteiger partial charge < -0.3 is 5.21 Å². The number of hydrogen-bond acceptors (Lipinski definition) is 1. The van der Waals surface area contributed by atoms with Gasteiger partial charge in [-0.1, -0.05) is 55.8 Å². The number of rotatable bonds is 4. The maximum absolute atomic E-state index is 12.2. The van der Waals surface area contributed by atoms with E-state index in [0.29, 0.717) is 6.54 Å². The first kappa shape index (κ1) is 16.5. The summed E-state index contributed by atoms with van der Waals surface area (Å²) in [6.45, 7) is 9.13. The molecule has 1 aromatic carbocycles. The van der Waals surface area contributed by atoms with E-state index in [2.05, 4.69) is 26.8 Å². The Morgan fingerprint density at radius 3 is 2.64 bits per heavy atom. The van der Waals surface area contributed by atoms with Crippen molar-refractivity contribution in [2.24, 2.45) is 5.41 Å². The molecule has 0 aromatic heterocycles. The van der Waals surface area contributed by atoms with Crippen LogP contribution in [-0.4, -0.2) is 10.5 Å². The van der Waals surface area contributed by atoms with E-state index in [1.165, 1.54) is 24.0 Å². The fourth-order valence-corrected chi connectivity index (χ4v) is 2.92. The number of allylic oxidation sites excluding steroid dienone is 4. The van der Waals surface area contributed by atoms with E-state index < -0.39 is 0 Å². The maximum Gasteiger partial charge on any atom is 0.184 e. The molecule has 118 valence electrons. The lowest BCUT2D eigenvalue weighted by atomic mass is 9.73. The van der Waals surface area contributed by atoms with Crippen molar-refractivity contribution in [3.8, 4) is 0 Å². The second-order valence-corrected chi connectivity index (χ2v) is 6.88. The number of nitrogens with zero attached hydrogens (tertiary/aromatic N) is 1. The third-order valence-electron chi connectivity index (χ3n) is 4.83. The Morgan fingerprint density at radius 2 is 1.95 bits per heavy atom. The van der Waals surface area contributed by atoms with Gasteiger partial charge in [-0.25, -0.2) is 4.74 Å². The molecule has 0 saturated heterocycles. The lowest BCUT2D eigenvalue weighted by Crippen LogP contribution is -2.18. The minimum Gasteiger partial charge on any atom is -0.623 e. The van der Waals surface area contributed by atoms with Crippen molar-refractivity contribution in [2.45, 2.75) is 53.5 Å². The minimum atomic E-state index is 0.285. The van der Waals surface area contributed by atoms with E-state index in [-0.39, 0.29) is 5.41 Å². The van der Waals surface area contributed by atoms with Gasteiger partial charge in [0, 0.05) is 18.6 Å². The van der Waals surface area contributed by atoms with E-state index in [0.717, 1.165) is 22.4 Å². The van der Waals surface area contributed by atoms with Gasteiger partial charge in [-0.3, -0.25) is 0 Å². The second kappa shape index (κ2) is 6.95. The molecule has 0 atom stereocenters. The average molecular weight is 297 g/mol. The van der Waals surface area contributed by atoms with Crippen molar-refractivity contribution in [1.29, 1.82) is 0 Å². The van der Waals surface area contributed by atoms with Crippen LogP contribution in [0.2, 0.25) is 0 Å². The molecule has 2 heteroatoms. The molecule has 2 nitrogen and oxygen atoms in total. The van der Waals surface area contributed by atoms with Crippen LogP contribution in [-0.2, 0) is 6.54 Å². The summed E-state index contributed by atoms with van der Waals surface area (Å²) in [6.07, 6.45) is 7.71. The monoisotopic (exact) mass is 297 g/mol. The van der Waals surface area contributed by atoms with Crippen LogP contribution in [0.1, 0.15) is 52.5 Å². The Hall–Kier alpha value is -1.83. The SMILES string of the molecule is CC1=C(/C=C/C(C)=[N+]([O-])Cc2ccccc2)CCCC1(C)C. The van der Waals surface area contributed by atoms with Gasteiger partial charge in [0.1, 0.15) is 0 Å². The summed E-state index contributed by atoms with van der Waals surface area (Å²) < 4.78 is 1.07. The maximum atomic E-state index is 12.2. The molecule has 0 radical (unpaired) electrons. The first-order valence-corrected chi connectivity index (χ1v) is 8.10. The predicted octanol–water partition coefficient (Wildman–Crippen LogP) is 5.24. The molecular formula is C20H27NO. The third-order valence-corrected chi connectivity index (χ3v) is 4.83. The summed E-state index contributed by atoms with van der Waals surface area (Å²) in [5, 5.41) is 12.2. The quantitative estimate of drug-likeness (QED) is 0.323. The van der Waals surface area contributed by atoms with Gasteiger partial charge in [-0.05, 0) is 37.2 Å². The lowest BCUT2D eigenvalue weighted by molar-refractivity contribution is -0.474. The third kappa shape index (κ3) is 4.09. The second-order valence-electron chi connectivity index (χ2n) is 6.88. The van der Waals surface area contributed by atoms with E-state index in [1.54, 1.807) is 0 Å². The summed E-state index contributed by atoms with van der Waals surface area (Å²) in [5.74, 6) is 0. The van der Waals surface area contributed by atoms with E-state index in [1.807, 2.05) is 43.3 Å². The van der Waals surface area contributed by atoms with Crippen LogP contribution in [0, 0.1) is 10.6 Å². The average Bonchev–Trinajstić information content (AvgIpc) is 2.49. The molecule has 1 aromatic rings.